The quantitative estimate of drug-likeness (QED) is 0.689. The van der Waals surface area contributed by atoms with Crippen molar-refractivity contribution in [1.82, 2.24) is 0 Å². The fourth-order valence-corrected chi connectivity index (χ4v) is 5.90. The lowest BCUT2D eigenvalue weighted by molar-refractivity contribution is -0.189. The minimum Gasteiger partial charge on any atom is -0.465 e. The zero-order valence-electron chi connectivity index (χ0n) is 13.0. The van der Waals surface area contributed by atoms with Crippen LogP contribution in [0.2, 0.25) is 0 Å². The van der Waals surface area contributed by atoms with Crippen LogP contribution < -0.4 is 0 Å². The number of carbonyl (C=O) groups is 2. The van der Waals surface area contributed by atoms with E-state index in [2.05, 4.69) is 0 Å². The van der Waals surface area contributed by atoms with Crippen molar-refractivity contribution in [3.05, 3.63) is 0 Å². The average Bonchev–Trinajstić information content (AvgIpc) is 2.79. The van der Waals surface area contributed by atoms with Crippen molar-refractivity contribution in [2.75, 3.05) is 6.61 Å². The monoisotopic (exact) mass is 308 g/mol. The Hall–Kier alpha value is -1.10. The lowest BCUT2D eigenvalue weighted by atomic mass is 9.48. The lowest BCUT2D eigenvalue weighted by Gasteiger charge is -2.57. The Bertz CT molecular complexity index is 491. The molecule has 0 aromatic heterocycles. The van der Waals surface area contributed by atoms with E-state index in [9.17, 15) is 14.7 Å². The highest BCUT2D eigenvalue weighted by Crippen LogP contribution is 2.61. The predicted molar refractivity (Wildman–Crippen MR) is 76.6 cm³/mol. The third-order valence-corrected chi connectivity index (χ3v) is 6.81. The molecule has 4 fully saturated rings. The van der Waals surface area contributed by atoms with Crippen LogP contribution in [0, 0.1) is 29.1 Å². The van der Waals surface area contributed by atoms with Gasteiger partial charge in [0.25, 0.3) is 0 Å². The first kappa shape index (κ1) is 14.5. The molecule has 1 spiro atoms. The van der Waals surface area contributed by atoms with E-state index in [0.717, 1.165) is 32.1 Å². The van der Waals surface area contributed by atoms with Crippen LogP contribution in [-0.2, 0) is 19.1 Å². The Morgan fingerprint density at radius 1 is 1.27 bits per heavy atom. The highest BCUT2D eigenvalue weighted by Gasteiger charge is 2.64. The minimum atomic E-state index is -0.316. The molecule has 0 aromatic carbocycles. The van der Waals surface area contributed by atoms with E-state index in [1.807, 2.05) is 6.92 Å². The topological polar surface area (TPSA) is 72.8 Å². The summed E-state index contributed by atoms with van der Waals surface area (Å²) < 4.78 is 11.1. The molecule has 0 radical (unpaired) electrons. The highest BCUT2D eigenvalue weighted by molar-refractivity contribution is 5.75. The van der Waals surface area contributed by atoms with Crippen molar-refractivity contribution in [2.45, 2.75) is 57.7 Å². The molecular weight excluding hydrogens is 284 g/mol. The van der Waals surface area contributed by atoms with E-state index >= 15 is 0 Å². The number of aliphatic hydroxyl groups is 1. The number of cyclic esters (lactones) is 1. The van der Waals surface area contributed by atoms with Gasteiger partial charge in [-0.15, -0.1) is 0 Å². The van der Waals surface area contributed by atoms with Gasteiger partial charge < -0.3 is 14.6 Å². The van der Waals surface area contributed by atoms with Crippen molar-refractivity contribution in [2.24, 2.45) is 29.1 Å². The van der Waals surface area contributed by atoms with Gasteiger partial charge in [-0.3, -0.25) is 9.59 Å². The van der Waals surface area contributed by atoms with Gasteiger partial charge in [0.1, 0.15) is 6.10 Å². The summed E-state index contributed by atoms with van der Waals surface area (Å²) in [6, 6.07) is 0. The SMILES string of the molecule is C[C@H]1C(=O)O[C@H]2C[C@@H]3[C@@H](O)CCC[C@@H]3[C@]3(CCC(=O)OC3)[C@H]21. The zero-order chi connectivity index (χ0) is 15.5. The van der Waals surface area contributed by atoms with Gasteiger partial charge in [-0.2, -0.15) is 0 Å². The fourth-order valence-electron chi connectivity index (χ4n) is 5.90. The second-order valence-electron chi connectivity index (χ2n) is 7.69. The number of ether oxygens (including phenoxy) is 2. The summed E-state index contributed by atoms with van der Waals surface area (Å²) in [6.45, 7) is 2.34. The molecule has 122 valence electrons. The van der Waals surface area contributed by atoms with E-state index in [4.69, 9.17) is 9.47 Å². The molecule has 0 amide bonds. The van der Waals surface area contributed by atoms with Crippen LogP contribution in [0.1, 0.15) is 45.4 Å². The van der Waals surface area contributed by atoms with Crippen LogP contribution in [-0.4, -0.2) is 35.9 Å². The van der Waals surface area contributed by atoms with Gasteiger partial charge in [0.2, 0.25) is 0 Å². The maximum absolute atomic E-state index is 12.1. The van der Waals surface area contributed by atoms with Gasteiger partial charge >= 0.3 is 11.9 Å². The van der Waals surface area contributed by atoms with Gasteiger partial charge in [0.05, 0.1) is 18.6 Å². The first-order valence-electron chi connectivity index (χ1n) is 8.57. The van der Waals surface area contributed by atoms with E-state index < -0.39 is 0 Å². The summed E-state index contributed by atoms with van der Waals surface area (Å²) in [5.74, 6) is 0.229. The van der Waals surface area contributed by atoms with Crippen LogP contribution in [0.5, 0.6) is 0 Å². The van der Waals surface area contributed by atoms with E-state index in [-0.39, 0.29) is 47.3 Å². The largest absolute Gasteiger partial charge is 0.465 e. The molecule has 0 unspecified atom stereocenters. The maximum atomic E-state index is 12.1. The Morgan fingerprint density at radius 3 is 2.82 bits per heavy atom. The molecule has 2 saturated heterocycles. The Kier molecular flexibility index (Phi) is 3.26. The molecule has 0 aromatic rings. The summed E-state index contributed by atoms with van der Waals surface area (Å²) in [4.78, 5) is 23.7. The summed E-state index contributed by atoms with van der Waals surface area (Å²) in [6.07, 6.45) is 4.42. The predicted octanol–water partition coefficient (Wildman–Crippen LogP) is 1.67. The number of fused-ring (bicyclic) bond motifs is 4. The second kappa shape index (κ2) is 4.95. The average molecular weight is 308 g/mol. The van der Waals surface area contributed by atoms with Crippen LogP contribution in [0.15, 0.2) is 0 Å². The Balaban J connectivity index is 1.75. The highest BCUT2D eigenvalue weighted by atomic mass is 16.6. The molecule has 2 aliphatic carbocycles. The van der Waals surface area contributed by atoms with Crippen molar-refractivity contribution < 1.29 is 24.2 Å². The first-order chi connectivity index (χ1) is 10.5. The number of esters is 2. The van der Waals surface area contributed by atoms with E-state index in [0.29, 0.717) is 18.9 Å². The van der Waals surface area contributed by atoms with Gasteiger partial charge in [-0.05, 0) is 37.5 Å². The van der Waals surface area contributed by atoms with E-state index in [1.165, 1.54) is 0 Å². The van der Waals surface area contributed by atoms with Crippen molar-refractivity contribution in [1.29, 1.82) is 0 Å². The fraction of sp³-hybridized carbons (Fsp3) is 0.882. The molecule has 5 heteroatoms. The number of hydrogen-bond donors (Lipinski definition) is 1. The van der Waals surface area contributed by atoms with Crippen molar-refractivity contribution >= 4 is 11.9 Å². The third kappa shape index (κ3) is 1.87. The molecule has 22 heavy (non-hydrogen) atoms. The normalized spacial score (nSPS) is 51.0. The first-order valence-corrected chi connectivity index (χ1v) is 8.57. The molecule has 2 saturated carbocycles. The second-order valence-corrected chi connectivity index (χ2v) is 7.69. The molecule has 1 N–H and O–H groups in total. The molecular formula is C17H24O5. The zero-order valence-corrected chi connectivity index (χ0v) is 13.0. The van der Waals surface area contributed by atoms with Gasteiger partial charge in [0, 0.05) is 17.8 Å². The van der Waals surface area contributed by atoms with Gasteiger partial charge in [-0.25, -0.2) is 0 Å². The molecule has 4 aliphatic rings. The third-order valence-electron chi connectivity index (χ3n) is 6.81. The van der Waals surface area contributed by atoms with Crippen LogP contribution in [0.3, 0.4) is 0 Å². The smallest absolute Gasteiger partial charge is 0.309 e. The van der Waals surface area contributed by atoms with Crippen LogP contribution in [0.4, 0.5) is 0 Å². The number of carbonyl (C=O) groups excluding carboxylic acids is 2. The molecule has 4 rings (SSSR count). The van der Waals surface area contributed by atoms with E-state index in [1.54, 1.807) is 0 Å². The Morgan fingerprint density at radius 2 is 2.09 bits per heavy atom. The van der Waals surface area contributed by atoms with Gasteiger partial charge in [0.15, 0.2) is 0 Å². The summed E-state index contributed by atoms with van der Waals surface area (Å²) in [5, 5.41) is 10.5. The van der Waals surface area contributed by atoms with Gasteiger partial charge in [-0.1, -0.05) is 13.3 Å². The number of rotatable bonds is 0. The van der Waals surface area contributed by atoms with Crippen LogP contribution in [0.25, 0.3) is 0 Å². The van der Waals surface area contributed by atoms with Crippen LogP contribution >= 0.6 is 0 Å². The summed E-state index contributed by atoms with van der Waals surface area (Å²) >= 11 is 0. The lowest BCUT2D eigenvalue weighted by Crippen LogP contribution is -2.59. The minimum absolute atomic E-state index is 0.117. The molecule has 5 nitrogen and oxygen atoms in total. The number of aliphatic hydroxyl groups excluding tert-OH is 1. The summed E-state index contributed by atoms with van der Waals surface area (Å²) in [5.41, 5.74) is -0.186. The Labute approximate surface area is 130 Å². The summed E-state index contributed by atoms with van der Waals surface area (Å²) in [7, 11) is 0. The molecule has 2 aliphatic heterocycles. The van der Waals surface area contributed by atoms with Crippen molar-refractivity contribution in [3.8, 4) is 0 Å². The standard InChI is InChI=1S/C17H24O5/c1-9-15-13(22-16(9)20)7-10-11(3-2-4-12(10)18)17(15)6-5-14(19)21-8-17/h9-13,15,18H,2-8H2,1H3/t9-,10+,11+,12+,13+,15+,17-/m1/s1. The van der Waals surface area contributed by atoms with Crippen molar-refractivity contribution in [3.63, 3.8) is 0 Å². The molecule has 0 bridgehead atoms. The number of hydrogen-bond acceptors (Lipinski definition) is 5. The molecule has 2 heterocycles. The maximum Gasteiger partial charge on any atom is 0.309 e. The molecule has 7 atom stereocenters.